The standard InChI is InChI=1S/C16H17FN2O2/c1-10-14(8-9-18-15(20)11-6-7-11)19-16(21-10)12-4-2-3-5-13(12)17/h2-5,11H,6-9H2,1H3,(H,18,20). The lowest BCUT2D eigenvalue weighted by atomic mass is 10.2. The molecule has 0 spiro atoms. The van der Waals surface area contributed by atoms with E-state index in [2.05, 4.69) is 10.3 Å². The Labute approximate surface area is 122 Å². The van der Waals surface area contributed by atoms with Crippen molar-refractivity contribution < 1.29 is 13.6 Å². The van der Waals surface area contributed by atoms with Crippen LogP contribution in [0.4, 0.5) is 4.39 Å². The summed E-state index contributed by atoms with van der Waals surface area (Å²) >= 11 is 0. The van der Waals surface area contributed by atoms with Gasteiger partial charge in [0.25, 0.3) is 0 Å². The van der Waals surface area contributed by atoms with Gasteiger partial charge in [-0.1, -0.05) is 12.1 Å². The van der Waals surface area contributed by atoms with Crippen LogP contribution in [-0.2, 0) is 11.2 Å². The molecule has 1 aromatic carbocycles. The number of oxazole rings is 1. The fourth-order valence-electron chi connectivity index (χ4n) is 2.20. The van der Waals surface area contributed by atoms with Crippen molar-refractivity contribution in [2.24, 2.45) is 5.92 Å². The van der Waals surface area contributed by atoms with Crippen molar-refractivity contribution in [2.45, 2.75) is 26.2 Å². The van der Waals surface area contributed by atoms with Crippen molar-refractivity contribution in [3.8, 4) is 11.5 Å². The molecule has 0 bridgehead atoms. The SMILES string of the molecule is Cc1oc(-c2ccccc2F)nc1CCNC(=O)C1CC1. The molecule has 1 aliphatic rings. The summed E-state index contributed by atoms with van der Waals surface area (Å²) in [5, 5.41) is 2.89. The predicted octanol–water partition coefficient (Wildman–Crippen LogP) is 2.86. The van der Waals surface area contributed by atoms with Gasteiger partial charge in [-0.3, -0.25) is 4.79 Å². The minimum Gasteiger partial charge on any atom is -0.441 e. The average molecular weight is 288 g/mol. The van der Waals surface area contributed by atoms with Gasteiger partial charge in [-0.2, -0.15) is 0 Å². The smallest absolute Gasteiger partial charge is 0.229 e. The maximum absolute atomic E-state index is 13.7. The number of hydrogen-bond donors (Lipinski definition) is 1. The van der Waals surface area contributed by atoms with E-state index in [4.69, 9.17) is 4.42 Å². The molecule has 1 aliphatic carbocycles. The first kappa shape index (κ1) is 13.8. The largest absolute Gasteiger partial charge is 0.441 e. The summed E-state index contributed by atoms with van der Waals surface area (Å²) in [7, 11) is 0. The first-order chi connectivity index (χ1) is 10.1. The Bertz CT molecular complexity index is 662. The van der Waals surface area contributed by atoms with Crippen LogP contribution in [0.3, 0.4) is 0 Å². The van der Waals surface area contributed by atoms with E-state index >= 15 is 0 Å². The van der Waals surface area contributed by atoms with E-state index in [9.17, 15) is 9.18 Å². The molecule has 1 amide bonds. The third-order valence-electron chi connectivity index (χ3n) is 3.61. The molecule has 2 aromatic rings. The van der Waals surface area contributed by atoms with Crippen molar-refractivity contribution in [2.75, 3.05) is 6.54 Å². The molecule has 1 N–H and O–H groups in total. The summed E-state index contributed by atoms with van der Waals surface area (Å²) < 4.78 is 19.2. The fourth-order valence-corrected chi connectivity index (χ4v) is 2.20. The van der Waals surface area contributed by atoms with Gasteiger partial charge in [0.2, 0.25) is 11.8 Å². The van der Waals surface area contributed by atoms with Gasteiger partial charge in [-0.15, -0.1) is 0 Å². The normalized spacial score (nSPS) is 14.2. The van der Waals surface area contributed by atoms with Crippen molar-refractivity contribution in [3.63, 3.8) is 0 Å². The number of carbonyl (C=O) groups excluding carboxylic acids is 1. The zero-order valence-corrected chi connectivity index (χ0v) is 11.9. The van der Waals surface area contributed by atoms with Gasteiger partial charge < -0.3 is 9.73 Å². The van der Waals surface area contributed by atoms with Gasteiger partial charge in [0.1, 0.15) is 11.6 Å². The maximum atomic E-state index is 13.7. The van der Waals surface area contributed by atoms with E-state index in [0.29, 0.717) is 24.3 Å². The van der Waals surface area contributed by atoms with Gasteiger partial charge in [0, 0.05) is 18.9 Å². The molecule has 5 heteroatoms. The molecule has 1 aromatic heterocycles. The van der Waals surface area contributed by atoms with E-state index < -0.39 is 0 Å². The summed E-state index contributed by atoms with van der Waals surface area (Å²) in [5.41, 5.74) is 1.11. The molecular weight excluding hydrogens is 271 g/mol. The lowest BCUT2D eigenvalue weighted by molar-refractivity contribution is -0.122. The lowest BCUT2D eigenvalue weighted by Crippen LogP contribution is -2.27. The summed E-state index contributed by atoms with van der Waals surface area (Å²) in [6, 6.07) is 6.39. The Balaban J connectivity index is 1.66. The average Bonchev–Trinajstić information content (AvgIpc) is 3.25. The Hall–Kier alpha value is -2.17. The summed E-state index contributed by atoms with van der Waals surface area (Å²) in [6.07, 6.45) is 2.57. The summed E-state index contributed by atoms with van der Waals surface area (Å²) in [5.74, 6) is 0.915. The summed E-state index contributed by atoms with van der Waals surface area (Å²) in [6.45, 7) is 2.33. The molecule has 4 nitrogen and oxygen atoms in total. The molecule has 1 fully saturated rings. The Morgan fingerprint density at radius 2 is 2.19 bits per heavy atom. The van der Waals surface area contributed by atoms with E-state index in [0.717, 1.165) is 18.5 Å². The van der Waals surface area contributed by atoms with Crippen molar-refractivity contribution in [3.05, 3.63) is 41.5 Å². The van der Waals surface area contributed by atoms with E-state index in [1.165, 1.54) is 6.07 Å². The molecule has 1 saturated carbocycles. The molecule has 21 heavy (non-hydrogen) atoms. The predicted molar refractivity (Wildman–Crippen MR) is 76.1 cm³/mol. The van der Waals surface area contributed by atoms with Gasteiger partial charge in [-0.05, 0) is 31.9 Å². The first-order valence-electron chi connectivity index (χ1n) is 7.14. The third kappa shape index (κ3) is 3.12. The highest BCUT2D eigenvalue weighted by atomic mass is 19.1. The fraction of sp³-hybridized carbons (Fsp3) is 0.375. The van der Waals surface area contributed by atoms with Crippen LogP contribution in [-0.4, -0.2) is 17.4 Å². The minimum atomic E-state index is -0.354. The molecule has 0 radical (unpaired) electrons. The van der Waals surface area contributed by atoms with Crippen LogP contribution in [0.5, 0.6) is 0 Å². The number of amides is 1. The van der Waals surface area contributed by atoms with Gasteiger partial charge in [-0.25, -0.2) is 9.37 Å². The second-order valence-corrected chi connectivity index (χ2v) is 5.32. The Kier molecular flexibility index (Phi) is 3.73. The van der Waals surface area contributed by atoms with Gasteiger partial charge >= 0.3 is 0 Å². The monoisotopic (exact) mass is 288 g/mol. The van der Waals surface area contributed by atoms with Crippen LogP contribution in [0.2, 0.25) is 0 Å². The van der Waals surface area contributed by atoms with Crippen LogP contribution in [0.25, 0.3) is 11.5 Å². The highest BCUT2D eigenvalue weighted by Crippen LogP contribution is 2.28. The highest BCUT2D eigenvalue weighted by molar-refractivity contribution is 5.80. The molecule has 0 unspecified atom stereocenters. The lowest BCUT2D eigenvalue weighted by Gasteiger charge is -2.02. The van der Waals surface area contributed by atoms with Crippen LogP contribution >= 0.6 is 0 Å². The maximum Gasteiger partial charge on any atom is 0.229 e. The minimum absolute atomic E-state index is 0.116. The second-order valence-electron chi connectivity index (χ2n) is 5.32. The van der Waals surface area contributed by atoms with Crippen LogP contribution in [0, 0.1) is 18.7 Å². The highest BCUT2D eigenvalue weighted by Gasteiger charge is 2.29. The number of nitrogens with one attached hydrogen (secondary N) is 1. The van der Waals surface area contributed by atoms with Gasteiger partial charge in [0.15, 0.2) is 0 Å². The number of rotatable bonds is 5. The quantitative estimate of drug-likeness (QED) is 0.920. The first-order valence-corrected chi connectivity index (χ1v) is 7.14. The number of aryl methyl sites for hydroxylation is 1. The molecule has 0 aliphatic heterocycles. The van der Waals surface area contributed by atoms with Crippen LogP contribution < -0.4 is 5.32 Å². The molecule has 0 atom stereocenters. The zero-order chi connectivity index (χ0) is 14.8. The van der Waals surface area contributed by atoms with Crippen molar-refractivity contribution in [1.29, 1.82) is 0 Å². The third-order valence-corrected chi connectivity index (χ3v) is 3.61. The van der Waals surface area contributed by atoms with Gasteiger partial charge in [0.05, 0.1) is 11.3 Å². The molecular formula is C16H17FN2O2. The zero-order valence-electron chi connectivity index (χ0n) is 11.9. The second kappa shape index (κ2) is 5.68. The number of carbonyl (C=O) groups is 1. The topological polar surface area (TPSA) is 55.1 Å². The van der Waals surface area contributed by atoms with E-state index in [1.807, 2.05) is 0 Å². The van der Waals surface area contributed by atoms with Crippen molar-refractivity contribution >= 4 is 5.91 Å². The molecule has 3 rings (SSSR count). The number of benzene rings is 1. The number of nitrogens with zero attached hydrogens (tertiary/aromatic N) is 1. The molecule has 110 valence electrons. The molecule has 0 saturated heterocycles. The summed E-state index contributed by atoms with van der Waals surface area (Å²) in [4.78, 5) is 15.9. The van der Waals surface area contributed by atoms with Crippen LogP contribution in [0.15, 0.2) is 28.7 Å². The number of halogens is 1. The van der Waals surface area contributed by atoms with Crippen molar-refractivity contribution in [1.82, 2.24) is 10.3 Å². The van der Waals surface area contributed by atoms with Crippen LogP contribution in [0.1, 0.15) is 24.3 Å². The number of hydrogen-bond acceptors (Lipinski definition) is 3. The Morgan fingerprint density at radius 1 is 1.43 bits per heavy atom. The van der Waals surface area contributed by atoms with E-state index in [-0.39, 0.29) is 23.5 Å². The Morgan fingerprint density at radius 3 is 2.90 bits per heavy atom. The van der Waals surface area contributed by atoms with E-state index in [1.54, 1.807) is 25.1 Å². The number of aromatic nitrogens is 1. The molecule has 1 heterocycles.